The van der Waals surface area contributed by atoms with Crippen molar-refractivity contribution in [3.63, 3.8) is 0 Å². The number of carbonyl (C=O) groups is 2. The molecule has 0 saturated heterocycles. The zero-order valence-corrected chi connectivity index (χ0v) is 12.0. The Hall–Kier alpha value is -1.06. The highest BCUT2D eigenvalue weighted by Crippen LogP contribution is 2.19. The van der Waals surface area contributed by atoms with Crippen molar-refractivity contribution in [3.05, 3.63) is 0 Å². The minimum atomic E-state index is -0.991. The van der Waals surface area contributed by atoms with Gasteiger partial charge < -0.3 is 10.2 Å². The van der Waals surface area contributed by atoms with E-state index < -0.39 is 5.41 Å². The monoisotopic (exact) mass is 242 g/mol. The summed E-state index contributed by atoms with van der Waals surface area (Å²) in [4.78, 5) is 25.9. The molecule has 4 nitrogen and oxygen atoms in total. The molecule has 0 aromatic carbocycles. The third-order valence-electron chi connectivity index (χ3n) is 3.14. The molecule has 0 bridgehead atoms. The topological polar surface area (TPSA) is 49.4 Å². The first kappa shape index (κ1) is 15.9. The Balaban J connectivity index is 4.75. The van der Waals surface area contributed by atoms with Gasteiger partial charge in [-0.3, -0.25) is 9.59 Å². The summed E-state index contributed by atoms with van der Waals surface area (Å²) in [6, 6.07) is 0.103. The van der Waals surface area contributed by atoms with Gasteiger partial charge in [0.2, 0.25) is 11.8 Å². The maximum atomic E-state index is 12.2. The van der Waals surface area contributed by atoms with E-state index in [-0.39, 0.29) is 17.9 Å². The van der Waals surface area contributed by atoms with Crippen LogP contribution < -0.4 is 5.32 Å². The van der Waals surface area contributed by atoms with Crippen LogP contribution in [0.15, 0.2) is 0 Å². The average molecular weight is 242 g/mol. The molecular weight excluding hydrogens is 216 g/mol. The van der Waals surface area contributed by atoms with E-state index in [0.717, 1.165) is 6.42 Å². The summed E-state index contributed by atoms with van der Waals surface area (Å²) < 4.78 is 0. The summed E-state index contributed by atoms with van der Waals surface area (Å²) in [5.41, 5.74) is -0.991. The zero-order valence-electron chi connectivity index (χ0n) is 12.0. The third-order valence-corrected chi connectivity index (χ3v) is 3.14. The second-order valence-electron chi connectivity index (χ2n) is 4.89. The van der Waals surface area contributed by atoms with Crippen LogP contribution in [0.5, 0.6) is 0 Å². The number of rotatable bonds is 6. The van der Waals surface area contributed by atoms with Crippen molar-refractivity contribution in [1.29, 1.82) is 0 Å². The lowest BCUT2D eigenvalue weighted by Gasteiger charge is -2.30. The van der Waals surface area contributed by atoms with Crippen molar-refractivity contribution in [2.24, 2.45) is 5.41 Å². The molecule has 4 heteroatoms. The van der Waals surface area contributed by atoms with Gasteiger partial charge in [0, 0.05) is 19.1 Å². The molecule has 0 rings (SSSR count). The number of nitrogens with zero attached hydrogens (tertiary/aromatic N) is 1. The van der Waals surface area contributed by atoms with Crippen LogP contribution >= 0.6 is 0 Å². The first-order valence-electron chi connectivity index (χ1n) is 6.41. The van der Waals surface area contributed by atoms with Gasteiger partial charge in [-0.2, -0.15) is 0 Å². The summed E-state index contributed by atoms with van der Waals surface area (Å²) in [6.07, 6.45) is 0.862. The lowest BCUT2D eigenvalue weighted by atomic mass is 9.89. The molecule has 2 amide bonds. The predicted molar refractivity (Wildman–Crippen MR) is 69.6 cm³/mol. The van der Waals surface area contributed by atoms with E-state index in [0.29, 0.717) is 13.1 Å². The Morgan fingerprint density at radius 2 is 1.65 bits per heavy atom. The van der Waals surface area contributed by atoms with Crippen molar-refractivity contribution >= 4 is 11.8 Å². The molecule has 0 aromatic rings. The van der Waals surface area contributed by atoms with Crippen LogP contribution in [0.25, 0.3) is 0 Å². The summed E-state index contributed by atoms with van der Waals surface area (Å²) in [7, 11) is 0. The molecule has 1 N–H and O–H groups in total. The van der Waals surface area contributed by atoms with Gasteiger partial charge in [0.05, 0.1) is 0 Å². The van der Waals surface area contributed by atoms with Crippen LogP contribution in [-0.4, -0.2) is 35.8 Å². The van der Waals surface area contributed by atoms with Crippen molar-refractivity contribution in [1.82, 2.24) is 10.2 Å². The molecule has 0 aliphatic carbocycles. The largest absolute Gasteiger partial charge is 0.353 e. The first-order chi connectivity index (χ1) is 7.81. The quantitative estimate of drug-likeness (QED) is 0.722. The summed E-state index contributed by atoms with van der Waals surface area (Å²) in [5, 5.41) is 2.87. The van der Waals surface area contributed by atoms with E-state index in [1.54, 1.807) is 18.7 Å². The highest BCUT2D eigenvalue weighted by Gasteiger charge is 2.38. The number of carbonyl (C=O) groups excluding carboxylic acids is 2. The van der Waals surface area contributed by atoms with Crippen molar-refractivity contribution in [2.45, 2.75) is 54.0 Å². The van der Waals surface area contributed by atoms with Crippen LogP contribution in [0.2, 0.25) is 0 Å². The Morgan fingerprint density at radius 3 is 2.00 bits per heavy atom. The Bertz CT molecular complexity index is 271. The molecule has 1 atom stereocenters. The molecule has 0 aliphatic rings. The average Bonchev–Trinajstić information content (AvgIpc) is 2.29. The fourth-order valence-electron chi connectivity index (χ4n) is 1.51. The standard InChI is InChI=1S/C13H26N2O2/c1-7-10(4)14-11(16)13(5,6)12(17)15(8-2)9-3/h10H,7-9H2,1-6H3,(H,14,16). The van der Waals surface area contributed by atoms with E-state index in [1.807, 2.05) is 27.7 Å². The van der Waals surface area contributed by atoms with E-state index in [9.17, 15) is 9.59 Å². The summed E-state index contributed by atoms with van der Waals surface area (Å²) in [6.45, 7) is 12.4. The van der Waals surface area contributed by atoms with E-state index in [2.05, 4.69) is 5.32 Å². The third kappa shape index (κ3) is 4.02. The molecule has 0 aromatic heterocycles. The fraction of sp³-hybridized carbons (Fsp3) is 0.846. The van der Waals surface area contributed by atoms with Crippen molar-refractivity contribution < 1.29 is 9.59 Å². The smallest absolute Gasteiger partial charge is 0.237 e. The molecule has 0 fully saturated rings. The van der Waals surface area contributed by atoms with Gasteiger partial charge in [-0.05, 0) is 41.0 Å². The van der Waals surface area contributed by atoms with Gasteiger partial charge in [-0.25, -0.2) is 0 Å². The minimum Gasteiger partial charge on any atom is -0.353 e. The molecular formula is C13H26N2O2. The maximum absolute atomic E-state index is 12.2. The molecule has 0 aliphatic heterocycles. The lowest BCUT2D eigenvalue weighted by Crippen LogP contribution is -2.51. The molecule has 100 valence electrons. The first-order valence-corrected chi connectivity index (χ1v) is 6.41. The normalized spacial score (nSPS) is 13.1. The number of hydrogen-bond donors (Lipinski definition) is 1. The van der Waals surface area contributed by atoms with Gasteiger partial charge in [-0.15, -0.1) is 0 Å². The predicted octanol–water partition coefficient (Wildman–Crippen LogP) is 1.80. The SMILES string of the molecule is CCC(C)NC(=O)C(C)(C)C(=O)N(CC)CC. The van der Waals surface area contributed by atoms with Gasteiger partial charge in [0.1, 0.15) is 5.41 Å². The van der Waals surface area contributed by atoms with Gasteiger partial charge in [0.25, 0.3) is 0 Å². The highest BCUT2D eigenvalue weighted by molar-refractivity contribution is 6.04. The minimum absolute atomic E-state index is 0.103. The number of nitrogens with one attached hydrogen (secondary N) is 1. The van der Waals surface area contributed by atoms with E-state index >= 15 is 0 Å². The second-order valence-corrected chi connectivity index (χ2v) is 4.89. The van der Waals surface area contributed by atoms with Crippen molar-refractivity contribution in [2.75, 3.05) is 13.1 Å². The summed E-state index contributed by atoms with van der Waals surface area (Å²) in [5.74, 6) is -0.299. The van der Waals surface area contributed by atoms with Gasteiger partial charge in [0.15, 0.2) is 0 Å². The van der Waals surface area contributed by atoms with Gasteiger partial charge >= 0.3 is 0 Å². The molecule has 17 heavy (non-hydrogen) atoms. The van der Waals surface area contributed by atoms with Crippen LogP contribution in [0.1, 0.15) is 48.0 Å². The maximum Gasteiger partial charge on any atom is 0.237 e. The van der Waals surface area contributed by atoms with E-state index in [4.69, 9.17) is 0 Å². The van der Waals surface area contributed by atoms with Crippen molar-refractivity contribution in [3.8, 4) is 0 Å². The fourth-order valence-corrected chi connectivity index (χ4v) is 1.51. The van der Waals surface area contributed by atoms with Gasteiger partial charge in [-0.1, -0.05) is 6.92 Å². The Labute approximate surface area is 105 Å². The van der Waals surface area contributed by atoms with Crippen LogP contribution in [0.3, 0.4) is 0 Å². The molecule has 0 spiro atoms. The van der Waals surface area contributed by atoms with Crippen LogP contribution in [0, 0.1) is 5.41 Å². The Morgan fingerprint density at radius 1 is 1.18 bits per heavy atom. The molecule has 0 radical (unpaired) electrons. The zero-order chi connectivity index (χ0) is 13.6. The van der Waals surface area contributed by atoms with Crippen LogP contribution in [0.4, 0.5) is 0 Å². The van der Waals surface area contributed by atoms with E-state index in [1.165, 1.54) is 0 Å². The summed E-state index contributed by atoms with van der Waals surface area (Å²) >= 11 is 0. The van der Waals surface area contributed by atoms with Crippen LogP contribution in [-0.2, 0) is 9.59 Å². The number of hydrogen-bond acceptors (Lipinski definition) is 2. The molecule has 1 unspecified atom stereocenters. The second kappa shape index (κ2) is 6.62. The number of amides is 2. The lowest BCUT2D eigenvalue weighted by molar-refractivity contribution is -0.148. The highest BCUT2D eigenvalue weighted by atomic mass is 16.2. The molecule has 0 saturated carbocycles. The molecule has 0 heterocycles. The Kier molecular flexibility index (Phi) is 6.21.